The second-order valence-electron chi connectivity index (χ2n) is 14.0. The van der Waals surface area contributed by atoms with Crippen molar-refractivity contribution in [2.24, 2.45) is 0 Å². The molecule has 0 unspecified atom stereocenters. The van der Waals surface area contributed by atoms with Crippen molar-refractivity contribution in [2.45, 2.75) is 0 Å². The predicted octanol–water partition coefficient (Wildman–Crippen LogP) is 14.1. The zero-order valence-corrected chi connectivity index (χ0v) is 30.9. The number of fused-ring (bicyclic) bond motifs is 6. The first-order valence-corrected chi connectivity index (χ1v) is 19.5. The Bertz CT molecular complexity index is 3220. The van der Waals surface area contributed by atoms with Crippen LogP contribution in [0.2, 0.25) is 0 Å². The Morgan fingerprint density at radius 3 is 1.86 bits per heavy atom. The number of para-hydroxylation sites is 1. The Morgan fingerprint density at radius 1 is 0.429 bits per heavy atom. The van der Waals surface area contributed by atoms with Gasteiger partial charge in [-0.25, -0.2) is 9.97 Å². The summed E-state index contributed by atoms with van der Waals surface area (Å²) in [5.41, 5.74) is 13.1. The molecule has 0 atom stereocenters. The van der Waals surface area contributed by atoms with Crippen molar-refractivity contribution in [1.82, 2.24) is 15.0 Å². The molecule has 0 aliphatic heterocycles. The Morgan fingerprint density at radius 2 is 1.07 bits per heavy atom. The van der Waals surface area contributed by atoms with Crippen molar-refractivity contribution in [3.05, 3.63) is 188 Å². The monoisotopic (exact) mass is 733 g/mol. The van der Waals surface area contributed by atoms with Crippen LogP contribution in [0.5, 0.6) is 0 Å². The number of thiophene rings is 1. The molecule has 0 saturated carbocycles. The lowest BCUT2D eigenvalue weighted by atomic mass is 9.95. The second kappa shape index (κ2) is 13.3. The first kappa shape index (κ1) is 32.2. The highest BCUT2D eigenvalue weighted by atomic mass is 32.1. The van der Waals surface area contributed by atoms with Crippen LogP contribution in [0.3, 0.4) is 0 Å². The Labute approximate surface area is 327 Å². The van der Waals surface area contributed by atoms with Gasteiger partial charge in [-0.15, -0.1) is 11.3 Å². The highest BCUT2D eigenvalue weighted by Gasteiger charge is 2.21. The molecule has 5 heteroatoms. The van der Waals surface area contributed by atoms with Crippen molar-refractivity contribution in [2.75, 3.05) is 0 Å². The van der Waals surface area contributed by atoms with Crippen LogP contribution in [0.15, 0.2) is 193 Å². The van der Waals surface area contributed by atoms with Crippen molar-refractivity contribution >= 4 is 53.4 Å². The number of benzene rings is 7. The third-order valence-electron chi connectivity index (χ3n) is 10.6. The summed E-state index contributed by atoms with van der Waals surface area (Å²) in [7, 11) is 0. The first-order valence-electron chi connectivity index (χ1n) is 18.7. The zero-order valence-electron chi connectivity index (χ0n) is 30.1. The molecule has 11 aromatic rings. The molecule has 0 bridgehead atoms. The molecule has 0 aliphatic carbocycles. The number of furan rings is 1. The van der Waals surface area contributed by atoms with Crippen LogP contribution in [-0.4, -0.2) is 15.0 Å². The fraction of sp³-hybridized carbons (Fsp3) is 0. The Balaban J connectivity index is 1.06. The normalized spacial score (nSPS) is 11.6. The van der Waals surface area contributed by atoms with Gasteiger partial charge in [0.05, 0.1) is 11.4 Å². The fourth-order valence-electron chi connectivity index (χ4n) is 7.88. The van der Waals surface area contributed by atoms with Crippen LogP contribution in [0.1, 0.15) is 0 Å². The summed E-state index contributed by atoms with van der Waals surface area (Å²) in [5.74, 6) is 0.667. The van der Waals surface area contributed by atoms with E-state index in [-0.39, 0.29) is 0 Å². The van der Waals surface area contributed by atoms with E-state index in [4.69, 9.17) is 14.4 Å². The summed E-state index contributed by atoms with van der Waals surface area (Å²) < 4.78 is 9.33. The van der Waals surface area contributed by atoms with Gasteiger partial charge in [-0.3, -0.25) is 4.98 Å². The lowest BCUT2D eigenvalue weighted by molar-refractivity contribution is 0.670. The van der Waals surface area contributed by atoms with Crippen LogP contribution >= 0.6 is 11.3 Å². The highest BCUT2D eigenvalue weighted by molar-refractivity contribution is 7.26. The van der Waals surface area contributed by atoms with Crippen molar-refractivity contribution < 1.29 is 4.42 Å². The summed E-state index contributed by atoms with van der Waals surface area (Å²) >= 11 is 1.83. The van der Waals surface area contributed by atoms with Crippen molar-refractivity contribution in [3.8, 4) is 67.3 Å². The van der Waals surface area contributed by atoms with E-state index in [0.29, 0.717) is 5.82 Å². The predicted molar refractivity (Wildman–Crippen MR) is 233 cm³/mol. The molecule has 0 amide bonds. The van der Waals surface area contributed by atoms with E-state index in [0.717, 1.165) is 77.8 Å². The van der Waals surface area contributed by atoms with Crippen LogP contribution < -0.4 is 0 Å². The van der Waals surface area contributed by atoms with Gasteiger partial charge in [0.2, 0.25) is 0 Å². The van der Waals surface area contributed by atoms with Gasteiger partial charge in [-0.1, -0.05) is 146 Å². The van der Waals surface area contributed by atoms with Crippen molar-refractivity contribution in [3.63, 3.8) is 0 Å². The van der Waals surface area contributed by atoms with Gasteiger partial charge in [0.15, 0.2) is 5.82 Å². The number of aromatic nitrogens is 3. The third kappa shape index (κ3) is 5.48. The minimum absolute atomic E-state index is 0.667. The van der Waals surface area contributed by atoms with E-state index in [1.807, 2.05) is 35.7 Å². The topological polar surface area (TPSA) is 51.8 Å². The van der Waals surface area contributed by atoms with E-state index in [9.17, 15) is 0 Å². The Hall–Kier alpha value is -7.21. The molecule has 11 rings (SSSR count). The molecule has 0 saturated heterocycles. The van der Waals surface area contributed by atoms with Gasteiger partial charge in [0.1, 0.15) is 11.2 Å². The van der Waals surface area contributed by atoms with E-state index < -0.39 is 0 Å². The highest BCUT2D eigenvalue weighted by Crippen LogP contribution is 2.46. The van der Waals surface area contributed by atoms with Crippen LogP contribution in [-0.2, 0) is 0 Å². The van der Waals surface area contributed by atoms with Gasteiger partial charge < -0.3 is 4.42 Å². The van der Waals surface area contributed by atoms with E-state index in [2.05, 4.69) is 163 Å². The van der Waals surface area contributed by atoms with Gasteiger partial charge in [0, 0.05) is 71.2 Å². The maximum atomic E-state index is 6.80. The minimum atomic E-state index is 0.667. The molecular weight excluding hydrogens is 703 g/mol. The van der Waals surface area contributed by atoms with Gasteiger partial charge in [-0.05, 0) is 52.6 Å². The second-order valence-corrected chi connectivity index (χ2v) is 15.0. The molecular formula is C51H31N3OS. The van der Waals surface area contributed by atoms with Gasteiger partial charge in [-0.2, -0.15) is 0 Å². The summed E-state index contributed by atoms with van der Waals surface area (Å²) in [5, 5.41) is 4.64. The molecule has 0 N–H and O–H groups in total. The van der Waals surface area contributed by atoms with Crippen LogP contribution in [0, 0.1) is 0 Å². The largest absolute Gasteiger partial charge is 0.455 e. The van der Waals surface area contributed by atoms with E-state index >= 15 is 0 Å². The molecule has 7 aromatic carbocycles. The summed E-state index contributed by atoms with van der Waals surface area (Å²) in [6, 6.07) is 61.6. The number of hydrogen-bond acceptors (Lipinski definition) is 5. The molecule has 0 fully saturated rings. The molecule has 0 spiro atoms. The lowest BCUT2D eigenvalue weighted by Crippen LogP contribution is -1.96. The summed E-state index contributed by atoms with van der Waals surface area (Å²) in [4.78, 5) is 14.7. The molecule has 262 valence electrons. The molecule has 4 heterocycles. The van der Waals surface area contributed by atoms with Gasteiger partial charge in [0.25, 0.3) is 0 Å². The summed E-state index contributed by atoms with van der Waals surface area (Å²) in [6.45, 7) is 0. The van der Waals surface area contributed by atoms with Crippen LogP contribution in [0.25, 0.3) is 109 Å². The first-order chi connectivity index (χ1) is 27.7. The van der Waals surface area contributed by atoms with E-state index in [1.165, 1.54) is 25.7 Å². The van der Waals surface area contributed by atoms with Crippen molar-refractivity contribution in [1.29, 1.82) is 0 Å². The lowest BCUT2D eigenvalue weighted by Gasteiger charge is -2.12. The number of nitrogens with zero attached hydrogens (tertiary/aromatic N) is 3. The fourth-order valence-corrected chi connectivity index (χ4v) is 9.11. The standard InChI is InChI=1S/C51H31N3OS/c1-2-10-35(11-3-1)44-30-45(54-51(53-44)36-25-23-33(24-26-36)32-19-21-34(22-20-32)37-12-9-29-52-31-37)42-28-27-39(49-48(42)43-14-4-6-17-46(43)55-49)41-16-8-15-40-38-13-5-7-18-47(38)56-50(40)41/h1-31H. The number of hydrogen-bond donors (Lipinski definition) is 0. The minimum Gasteiger partial charge on any atom is -0.455 e. The maximum absolute atomic E-state index is 6.80. The maximum Gasteiger partial charge on any atom is 0.160 e. The SMILES string of the molecule is c1ccc(-c2cc(-c3ccc(-c4cccc5c4sc4ccccc45)c4oc5ccccc5c34)nc(-c3ccc(-c4ccc(-c5cccnc5)cc4)cc3)n2)cc1. The van der Waals surface area contributed by atoms with E-state index in [1.54, 1.807) is 6.20 Å². The smallest absolute Gasteiger partial charge is 0.160 e. The summed E-state index contributed by atoms with van der Waals surface area (Å²) in [6.07, 6.45) is 3.69. The molecule has 0 aliphatic rings. The molecule has 4 aromatic heterocycles. The third-order valence-corrected chi connectivity index (χ3v) is 11.9. The quantitative estimate of drug-likeness (QED) is 0.171. The number of pyridine rings is 1. The van der Waals surface area contributed by atoms with Crippen LogP contribution in [0.4, 0.5) is 0 Å². The zero-order chi connectivity index (χ0) is 37.0. The molecule has 4 nitrogen and oxygen atoms in total. The number of rotatable bonds is 6. The average Bonchev–Trinajstić information content (AvgIpc) is 3.86. The molecule has 0 radical (unpaired) electrons. The Kier molecular flexibility index (Phi) is 7.64. The average molecular weight is 734 g/mol. The van der Waals surface area contributed by atoms with Gasteiger partial charge >= 0.3 is 0 Å². The molecule has 56 heavy (non-hydrogen) atoms.